The van der Waals surface area contributed by atoms with Crippen LogP contribution in [0.1, 0.15) is 32.6 Å². The third-order valence-corrected chi connectivity index (χ3v) is 4.46. The van der Waals surface area contributed by atoms with Crippen molar-refractivity contribution in [2.45, 2.75) is 38.1 Å². The van der Waals surface area contributed by atoms with Crippen molar-refractivity contribution in [2.75, 3.05) is 5.75 Å². The first-order chi connectivity index (χ1) is 7.84. The fourth-order valence-electron chi connectivity index (χ4n) is 2.26. The minimum Gasteiger partial charge on any atom is -0.480 e. The van der Waals surface area contributed by atoms with Gasteiger partial charge in [0.2, 0.25) is 10.0 Å². The number of rotatable bonds is 4. The fourth-order valence-corrected chi connectivity index (χ4v) is 3.45. The van der Waals surface area contributed by atoms with Crippen molar-refractivity contribution in [3.63, 3.8) is 0 Å². The van der Waals surface area contributed by atoms with Gasteiger partial charge in [-0.3, -0.25) is 4.79 Å². The molecule has 0 bridgehead atoms. The van der Waals surface area contributed by atoms with E-state index in [0.29, 0.717) is 12.8 Å². The standard InChI is InChI=1S/C10H16N2O4S/c1-8-4-2-3-5-10(8,9(13)14)12-17(15,16)7-6-11/h8,12H,2-5,7H2,1H3,(H,13,14). The second-order valence-electron chi connectivity index (χ2n) is 4.44. The highest BCUT2D eigenvalue weighted by Crippen LogP contribution is 2.34. The number of aliphatic carboxylic acids is 1. The van der Waals surface area contributed by atoms with Crippen molar-refractivity contribution in [1.82, 2.24) is 4.72 Å². The van der Waals surface area contributed by atoms with E-state index in [1.165, 1.54) is 6.07 Å². The number of nitrogens with one attached hydrogen (secondary N) is 1. The molecule has 1 aliphatic rings. The number of carboxylic acid groups (broad SMARTS) is 1. The summed E-state index contributed by atoms with van der Waals surface area (Å²) in [6.07, 6.45) is 2.51. The molecule has 0 amide bonds. The molecule has 1 aliphatic carbocycles. The van der Waals surface area contributed by atoms with Crippen LogP contribution in [0.4, 0.5) is 0 Å². The molecule has 0 saturated heterocycles. The second-order valence-corrected chi connectivity index (χ2v) is 6.16. The number of sulfonamides is 1. The molecule has 2 unspecified atom stereocenters. The molecule has 0 spiro atoms. The zero-order valence-electron chi connectivity index (χ0n) is 9.64. The van der Waals surface area contributed by atoms with Gasteiger partial charge in [-0.05, 0) is 18.8 Å². The monoisotopic (exact) mass is 260 g/mol. The third kappa shape index (κ3) is 2.96. The third-order valence-electron chi connectivity index (χ3n) is 3.27. The van der Waals surface area contributed by atoms with Gasteiger partial charge in [0.25, 0.3) is 0 Å². The lowest BCUT2D eigenvalue weighted by Gasteiger charge is -2.38. The Labute approximate surface area is 101 Å². The van der Waals surface area contributed by atoms with Gasteiger partial charge < -0.3 is 5.11 Å². The van der Waals surface area contributed by atoms with Gasteiger partial charge in [0.1, 0.15) is 5.54 Å². The van der Waals surface area contributed by atoms with Crippen molar-refractivity contribution >= 4 is 16.0 Å². The van der Waals surface area contributed by atoms with Crippen molar-refractivity contribution in [1.29, 1.82) is 5.26 Å². The molecular weight excluding hydrogens is 244 g/mol. The molecule has 0 radical (unpaired) electrons. The van der Waals surface area contributed by atoms with Crippen molar-refractivity contribution < 1.29 is 18.3 Å². The fraction of sp³-hybridized carbons (Fsp3) is 0.800. The Morgan fingerprint density at radius 1 is 1.59 bits per heavy atom. The van der Waals surface area contributed by atoms with E-state index >= 15 is 0 Å². The molecule has 2 atom stereocenters. The lowest BCUT2D eigenvalue weighted by molar-refractivity contribution is -0.147. The smallest absolute Gasteiger partial charge is 0.325 e. The van der Waals surface area contributed by atoms with E-state index in [0.717, 1.165) is 6.42 Å². The van der Waals surface area contributed by atoms with Gasteiger partial charge in [0, 0.05) is 0 Å². The summed E-state index contributed by atoms with van der Waals surface area (Å²) in [4.78, 5) is 11.4. The SMILES string of the molecule is CC1CCCCC1(NS(=O)(=O)CC#N)C(=O)O. The minimum absolute atomic E-state index is 0.272. The molecule has 7 heteroatoms. The number of nitrogens with zero attached hydrogens (tertiary/aromatic N) is 1. The van der Waals surface area contributed by atoms with Gasteiger partial charge in [-0.15, -0.1) is 0 Å². The van der Waals surface area contributed by atoms with E-state index in [2.05, 4.69) is 4.72 Å². The quantitative estimate of drug-likeness (QED) is 0.763. The van der Waals surface area contributed by atoms with E-state index in [9.17, 15) is 18.3 Å². The molecule has 2 N–H and O–H groups in total. The highest BCUT2D eigenvalue weighted by Gasteiger charge is 2.47. The topological polar surface area (TPSA) is 107 Å². The van der Waals surface area contributed by atoms with Crippen LogP contribution in [0, 0.1) is 17.2 Å². The summed E-state index contributed by atoms with van der Waals surface area (Å²) in [7, 11) is -3.86. The minimum atomic E-state index is -3.86. The molecule has 0 aromatic carbocycles. The van der Waals surface area contributed by atoms with E-state index in [1.807, 2.05) is 0 Å². The molecule has 0 aliphatic heterocycles. The van der Waals surface area contributed by atoms with Crippen LogP contribution in [0.3, 0.4) is 0 Å². The summed E-state index contributed by atoms with van der Waals surface area (Å²) in [6.45, 7) is 1.72. The number of carboxylic acids is 1. The van der Waals surface area contributed by atoms with Gasteiger partial charge in [0.05, 0.1) is 6.07 Å². The Morgan fingerprint density at radius 3 is 2.71 bits per heavy atom. The maximum absolute atomic E-state index is 11.6. The van der Waals surface area contributed by atoms with Crippen molar-refractivity contribution in [3.8, 4) is 6.07 Å². The van der Waals surface area contributed by atoms with Crippen LogP contribution >= 0.6 is 0 Å². The molecule has 0 heterocycles. The van der Waals surface area contributed by atoms with Crippen LogP contribution in [0.15, 0.2) is 0 Å². The Kier molecular flexibility index (Phi) is 4.11. The average Bonchev–Trinajstić information content (AvgIpc) is 2.20. The van der Waals surface area contributed by atoms with Crippen LogP contribution < -0.4 is 4.72 Å². The Balaban J connectivity index is 3.02. The summed E-state index contributed by atoms with van der Waals surface area (Å²) in [5.74, 6) is -2.15. The van der Waals surface area contributed by atoms with Gasteiger partial charge in [-0.25, -0.2) is 8.42 Å². The summed E-state index contributed by atoms with van der Waals surface area (Å²) in [5, 5.41) is 17.7. The number of carbonyl (C=O) groups is 1. The van der Waals surface area contributed by atoms with Crippen LogP contribution in [0.2, 0.25) is 0 Å². The van der Waals surface area contributed by atoms with Gasteiger partial charge >= 0.3 is 5.97 Å². The predicted octanol–water partition coefficient (Wildman–Crippen LogP) is 0.463. The molecule has 0 aromatic heterocycles. The van der Waals surface area contributed by atoms with Crippen LogP contribution in [0.25, 0.3) is 0 Å². The highest BCUT2D eigenvalue weighted by molar-refractivity contribution is 7.89. The zero-order valence-corrected chi connectivity index (χ0v) is 10.5. The summed E-state index contributed by atoms with van der Waals surface area (Å²) in [6, 6.07) is 1.53. The van der Waals surface area contributed by atoms with E-state index in [4.69, 9.17) is 5.26 Å². The molecule has 1 rings (SSSR count). The van der Waals surface area contributed by atoms with Gasteiger partial charge in [-0.2, -0.15) is 9.98 Å². The maximum atomic E-state index is 11.6. The average molecular weight is 260 g/mol. The summed E-state index contributed by atoms with van der Waals surface area (Å²) >= 11 is 0. The Bertz CT molecular complexity index is 440. The first kappa shape index (κ1) is 13.9. The number of nitriles is 1. The largest absolute Gasteiger partial charge is 0.480 e. The first-order valence-electron chi connectivity index (χ1n) is 5.46. The molecule has 1 fully saturated rings. The van der Waals surface area contributed by atoms with Gasteiger partial charge in [0.15, 0.2) is 5.75 Å². The number of hydrogen-bond donors (Lipinski definition) is 2. The molecular formula is C10H16N2O4S. The second kappa shape index (κ2) is 5.02. The highest BCUT2D eigenvalue weighted by atomic mass is 32.2. The van der Waals surface area contributed by atoms with E-state index in [-0.39, 0.29) is 12.3 Å². The predicted molar refractivity (Wildman–Crippen MR) is 60.5 cm³/mol. The van der Waals surface area contributed by atoms with Gasteiger partial charge in [-0.1, -0.05) is 19.8 Å². The Morgan fingerprint density at radius 2 is 2.24 bits per heavy atom. The van der Waals surface area contributed by atoms with Crippen LogP contribution in [-0.2, 0) is 14.8 Å². The molecule has 96 valence electrons. The Hall–Kier alpha value is -1.13. The van der Waals surface area contributed by atoms with E-state index < -0.39 is 27.3 Å². The first-order valence-corrected chi connectivity index (χ1v) is 7.11. The van der Waals surface area contributed by atoms with Crippen molar-refractivity contribution in [2.24, 2.45) is 5.92 Å². The van der Waals surface area contributed by atoms with Crippen molar-refractivity contribution in [3.05, 3.63) is 0 Å². The van der Waals surface area contributed by atoms with Crippen LogP contribution in [-0.4, -0.2) is 30.8 Å². The summed E-state index contributed by atoms with van der Waals surface area (Å²) < 4.78 is 25.3. The molecule has 0 aromatic rings. The van der Waals surface area contributed by atoms with Crippen LogP contribution in [0.5, 0.6) is 0 Å². The van der Waals surface area contributed by atoms with E-state index in [1.54, 1.807) is 6.92 Å². The lowest BCUT2D eigenvalue weighted by atomic mass is 9.74. The molecule has 6 nitrogen and oxygen atoms in total. The molecule has 1 saturated carbocycles. The summed E-state index contributed by atoms with van der Waals surface area (Å²) in [5.41, 5.74) is -1.45. The molecule has 17 heavy (non-hydrogen) atoms. The number of hydrogen-bond acceptors (Lipinski definition) is 4. The normalized spacial score (nSPS) is 29.5. The zero-order chi connectivity index (χ0) is 13.1. The lowest BCUT2D eigenvalue weighted by Crippen LogP contribution is -2.60. The maximum Gasteiger partial charge on any atom is 0.325 e.